The molecule has 13 heteroatoms. The lowest BCUT2D eigenvalue weighted by atomic mass is 9.96. The summed E-state index contributed by atoms with van der Waals surface area (Å²) in [6.45, 7) is 6.37. The van der Waals surface area contributed by atoms with Crippen molar-refractivity contribution in [2.24, 2.45) is 5.16 Å². The van der Waals surface area contributed by atoms with E-state index in [0.29, 0.717) is 17.8 Å². The van der Waals surface area contributed by atoms with E-state index in [2.05, 4.69) is 30.7 Å². The van der Waals surface area contributed by atoms with Gasteiger partial charge in [0.2, 0.25) is 0 Å². The summed E-state index contributed by atoms with van der Waals surface area (Å²) in [6, 6.07) is 3.63. The predicted octanol–water partition coefficient (Wildman–Crippen LogP) is 3.15. The van der Waals surface area contributed by atoms with Crippen LogP contribution >= 0.6 is 11.3 Å². The number of carboxylic acids is 1. The number of aliphatic carboxylic acids is 1. The molecular formula is C20H22F3N5O4S. The molecule has 0 aliphatic carbocycles. The molecule has 2 aliphatic heterocycles. The zero-order valence-corrected chi connectivity index (χ0v) is 18.7. The van der Waals surface area contributed by atoms with Crippen LogP contribution in [0.1, 0.15) is 29.2 Å². The highest BCUT2D eigenvalue weighted by molar-refractivity contribution is 7.09. The van der Waals surface area contributed by atoms with Gasteiger partial charge in [-0.2, -0.15) is 13.2 Å². The fourth-order valence-corrected chi connectivity index (χ4v) is 4.05. The highest BCUT2D eigenvalue weighted by Crippen LogP contribution is 2.34. The van der Waals surface area contributed by atoms with Gasteiger partial charge in [0.15, 0.2) is 5.60 Å². The second kappa shape index (κ2) is 9.83. The maximum absolute atomic E-state index is 12.5. The zero-order valence-electron chi connectivity index (χ0n) is 17.8. The summed E-state index contributed by atoms with van der Waals surface area (Å²) in [5.74, 6) is -2.97. The number of nitrogens with one attached hydrogen (secondary N) is 1. The molecule has 2 aromatic rings. The van der Waals surface area contributed by atoms with Crippen LogP contribution in [-0.4, -0.2) is 62.4 Å². The van der Waals surface area contributed by atoms with Crippen LogP contribution in [0.5, 0.6) is 0 Å². The van der Waals surface area contributed by atoms with Gasteiger partial charge in [-0.1, -0.05) is 5.16 Å². The molecule has 0 bridgehead atoms. The molecule has 1 spiro atoms. The van der Waals surface area contributed by atoms with E-state index in [9.17, 15) is 18.0 Å². The minimum atomic E-state index is -5.08. The molecule has 0 radical (unpaired) electrons. The number of anilines is 1. The quantitative estimate of drug-likeness (QED) is 0.683. The number of alkyl halides is 3. The summed E-state index contributed by atoms with van der Waals surface area (Å²) >= 11 is 1.67. The van der Waals surface area contributed by atoms with Gasteiger partial charge in [0.25, 0.3) is 5.91 Å². The Morgan fingerprint density at radius 3 is 2.70 bits per heavy atom. The second-order valence-corrected chi connectivity index (χ2v) is 8.76. The van der Waals surface area contributed by atoms with Gasteiger partial charge >= 0.3 is 12.1 Å². The topological polar surface area (TPSA) is 117 Å². The third-order valence-corrected chi connectivity index (χ3v) is 5.87. The molecule has 1 unspecified atom stereocenters. The van der Waals surface area contributed by atoms with Crippen LogP contribution in [0.25, 0.3) is 0 Å². The number of amides is 1. The lowest BCUT2D eigenvalue weighted by Crippen LogP contribution is -2.35. The van der Waals surface area contributed by atoms with Crippen LogP contribution in [-0.2, 0) is 21.0 Å². The second-order valence-electron chi connectivity index (χ2n) is 7.70. The fraction of sp³-hybridized carbons (Fsp3) is 0.450. The molecule has 2 aliphatic rings. The molecule has 1 atom stereocenters. The molecule has 1 saturated heterocycles. The number of carbonyl (C=O) groups excluding carboxylic acids is 1. The Kier molecular flexibility index (Phi) is 7.32. The van der Waals surface area contributed by atoms with Crippen molar-refractivity contribution < 1.29 is 32.7 Å². The molecule has 1 amide bonds. The number of aromatic nitrogens is 2. The number of aryl methyl sites for hydroxylation is 2. The fourth-order valence-electron chi connectivity index (χ4n) is 3.45. The summed E-state index contributed by atoms with van der Waals surface area (Å²) < 4.78 is 31.7. The lowest BCUT2D eigenvalue weighted by Gasteiger charge is -2.21. The summed E-state index contributed by atoms with van der Waals surface area (Å²) in [4.78, 5) is 38.2. The van der Waals surface area contributed by atoms with E-state index in [-0.39, 0.29) is 11.5 Å². The number of rotatable bonds is 4. The monoisotopic (exact) mass is 485 g/mol. The van der Waals surface area contributed by atoms with Crippen LogP contribution < -0.4 is 5.32 Å². The first-order valence-electron chi connectivity index (χ1n) is 9.89. The van der Waals surface area contributed by atoms with Gasteiger partial charge in [0.1, 0.15) is 5.71 Å². The van der Waals surface area contributed by atoms with Crippen LogP contribution in [0, 0.1) is 13.8 Å². The van der Waals surface area contributed by atoms with Crippen LogP contribution in [0.4, 0.5) is 18.9 Å². The van der Waals surface area contributed by atoms with E-state index < -0.39 is 12.1 Å². The summed E-state index contributed by atoms with van der Waals surface area (Å²) in [6.07, 6.45) is -1.99. The number of hydrogen-bond donors (Lipinski definition) is 2. The molecule has 2 aromatic heterocycles. The van der Waals surface area contributed by atoms with Crippen molar-refractivity contribution >= 4 is 34.6 Å². The maximum atomic E-state index is 12.5. The number of nitrogens with zero attached hydrogens (tertiary/aromatic N) is 4. The number of thiazole rings is 1. The zero-order chi connectivity index (χ0) is 24.2. The smallest absolute Gasteiger partial charge is 0.475 e. The Hall–Kier alpha value is -3.06. The summed E-state index contributed by atoms with van der Waals surface area (Å²) in [7, 11) is 0. The molecule has 33 heavy (non-hydrogen) atoms. The number of likely N-dealkylation sites (tertiary alicyclic amines) is 1. The molecule has 2 N–H and O–H groups in total. The van der Waals surface area contributed by atoms with Gasteiger partial charge in [-0.15, -0.1) is 11.3 Å². The highest BCUT2D eigenvalue weighted by Gasteiger charge is 2.46. The van der Waals surface area contributed by atoms with Gasteiger partial charge in [-0.25, -0.2) is 9.78 Å². The van der Waals surface area contributed by atoms with Crippen LogP contribution in [0.3, 0.4) is 0 Å². The Morgan fingerprint density at radius 1 is 1.36 bits per heavy atom. The lowest BCUT2D eigenvalue weighted by molar-refractivity contribution is -0.192. The molecule has 178 valence electrons. The van der Waals surface area contributed by atoms with Gasteiger partial charge < -0.3 is 15.3 Å². The number of carbonyl (C=O) groups is 2. The Morgan fingerprint density at radius 2 is 2.09 bits per heavy atom. The van der Waals surface area contributed by atoms with Crippen molar-refractivity contribution in [1.29, 1.82) is 0 Å². The summed E-state index contributed by atoms with van der Waals surface area (Å²) in [5.41, 5.74) is 2.63. The molecule has 9 nitrogen and oxygen atoms in total. The Balaban J connectivity index is 0.000000383. The average molecular weight is 485 g/mol. The van der Waals surface area contributed by atoms with E-state index >= 15 is 0 Å². The first kappa shape index (κ1) is 24.6. The Bertz CT molecular complexity index is 1060. The van der Waals surface area contributed by atoms with Crippen LogP contribution in [0.15, 0.2) is 28.9 Å². The highest BCUT2D eigenvalue weighted by atomic mass is 32.1. The number of pyridine rings is 1. The minimum Gasteiger partial charge on any atom is -0.475 e. The standard InChI is InChI=1S/C18H21N5O2S.C2HF3O2/c1-12-15(4-3-6-19-12)21-17(24)16-8-18(25-22-16)5-7-23(11-18)9-14-10-26-13(2)20-14;3-2(4,5)1(6)7/h3-4,6,10H,5,7-9,11H2,1-2H3,(H,21,24);(H,6,7). The largest absolute Gasteiger partial charge is 0.490 e. The van der Waals surface area contributed by atoms with Gasteiger partial charge in [-0.3, -0.25) is 14.7 Å². The van der Waals surface area contributed by atoms with E-state index in [0.717, 1.165) is 42.5 Å². The third-order valence-electron chi connectivity index (χ3n) is 5.05. The Labute approximate surface area is 191 Å². The van der Waals surface area contributed by atoms with Gasteiger partial charge in [0, 0.05) is 44.1 Å². The van der Waals surface area contributed by atoms with Crippen molar-refractivity contribution in [1.82, 2.24) is 14.9 Å². The van der Waals surface area contributed by atoms with Gasteiger partial charge in [-0.05, 0) is 26.0 Å². The molecule has 0 aromatic carbocycles. The normalized spacial score (nSPS) is 20.1. The maximum Gasteiger partial charge on any atom is 0.490 e. The first-order chi connectivity index (χ1) is 15.5. The summed E-state index contributed by atoms with van der Waals surface area (Å²) in [5, 5.41) is 17.3. The number of oxime groups is 1. The molecule has 0 saturated carbocycles. The predicted molar refractivity (Wildman–Crippen MR) is 114 cm³/mol. The van der Waals surface area contributed by atoms with E-state index in [1.54, 1.807) is 23.6 Å². The number of halogens is 3. The first-order valence-corrected chi connectivity index (χ1v) is 10.8. The average Bonchev–Trinajstić information content (AvgIpc) is 3.45. The molecule has 4 rings (SSSR count). The molecule has 1 fully saturated rings. The van der Waals surface area contributed by atoms with E-state index in [1.165, 1.54) is 0 Å². The third kappa shape index (κ3) is 6.48. The van der Waals surface area contributed by atoms with Crippen molar-refractivity contribution in [3.05, 3.63) is 40.1 Å². The van der Waals surface area contributed by atoms with Crippen molar-refractivity contribution in [3.8, 4) is 0 Å². The number of hydrogen-bond acceptors (Lipinski definition) is 8. The van der Waals surface area contributed by atoms with Crippen LogP contribution in [0.2, 0.25) is 0 Å². The van der Waals surface area contributed by atoms with Gasteiger partial charge in [0.05, 0.1) is 22.1 Å². The SMILES string of the molecule is Cc1nc(CN2CCC3(CC(C(=O)Nc4cccnc4C)=NO3)C2)cs1.O=C(O)C(F)(F)F. The molecular weight excluding hydrogens is 463 g/mol. The minimum absolute atomic E-state index is 0.216. The number of carboxylic acid groups (broad SMARTS) is 1. The van der Waals surface area contributed by atoms with Crippen molar-refractivity contribution in [2.45, 2.75) is 45.0 Å². The van der Waals surface area contributed by atoms with E-state index in [4.69, 9.17) is 14.7 Å². The van der Waals surface area contributed by atoms with Crippen molar-refractivity contribution in [3.63, 3.8) is 0 Å². The van der Waals surface area contributed by atoms with Crippen molar-refractivity contribution in [2.75, 3.05) is 18.4 Å². The van der Waals surface area contributed by atoms with E-state index in [1.807, 2.05) is 19.9 Å². The molecule has 4 heterocycles.